The molecule has 0 radical (unpaired) electrons. The Morgan fingerprint density at radius 2 is 1.89 bits per heavy atom. The van der Waals surface area contributed by atoms with Crippen LogP contribution >= 0.6 is 0 Å². The predicted molar refractivity (Wildman–Crippen MR) is 108 cm³/mol. The van der Waals surface area contributed by atoms with Gasteiger partial charge in [-0.25, -0.2) is 4.79 Å². The summed E-state index contributed by atoms with van der Waals surface area (Å²) < 4.78 is 1.34. The van der Waals surface area contributed by atoms with Crippen LogP contribution in [-0.2, 0) is 0 Å². The number of hydrogen-bond donors (Lipinski definition) is 3. The first kappa shape index (κ1) is 21.2. The van der Waals surface area contributed by atoms with Gasteiger partial charge in [0.05, 0.1) is 5.71 Å². The lowest BCUT2D eigenvalue weighted by atomic mass is 9.95. The molecule has 1 saturated carbocycles. The van der Waals surface area contributed by atoms with Crippen LogP contribution in [0.1, 0.15) is 70.9 Å². The zero-order valence-corrected chi connectivity index (χ0v) is 16.8. The Hall–Kier alpha value is -2.09. The average Bonchev–Trinajstić information content (AvgIpc) is 2.67. The van der Waals surface area contributed by atoms with Gasteiger partial charge in [0.2, 0.25) is 5.88 Å². The molecule has 0 spiro atoms. The molecule has 0 unspecified atom stereocenters. The molecule has 27 heavy (non-hydrogen) atoms. The van der Waals surface area contributed by atoms with Crippen LogP contribution in [0.15, 0.2) is 14.7 Å². The molecular weight excluding hydrogens is 346 g/mol. The number of nitrogens with zero attached hydrogens (tertiary/aromatic N) is 3. The van der Waals surface area contributed by atoms with Crippen molar-refractivity contribution in [3.05, 3.63) is 26.4 Å². The van der Waals surface area contributed by atoms with Crippen LogP contribution in [-0.4, -0.2) is 51.4 Å². The van der Waals surface area contributed by atoms with Gasteiger partial charge in [-0.05, 0) is 32.4 Å². The molecule has 1 aliphatic rings. The molecule has 1 aromatic heterocycles. The standard InChI is InChI=1S/C19H33N5O3/c1-4-15(22-20-12-13-23(5-2)6-3)16-17(25)21-19(27)24(18(16)26)14-10-8-7-9-11-14/h14,20,26H,4-13H2,1-3H3,(H,21,25,27). The van der Waals surface area contributed by atoms with Crippen molar-refractivity contribution >= 4 is 5.71 Å². The second kappa shape index (κ2) is 10.3. The first-order valence-electron chi connectivity index (χ1n) is 10.1. The summed E-state index contributed by atoms with van der Waals surface area (Å²) >= 11 is 0. The summed E-state index contributed by atoms with van der Waals surface area (Å²) in [6.07, 6.45) is 5.32. The smallest absolute Gasteiger partial charge is 0.331 e. The summed E-state index contributed by atoms with van der Waals surface area (Å²) in [6, 6.07) is -0.0735. The second-order valence-electron chi connectivity index (χ2n) is 6.97. The van der Waals surface area contributed by atoms with Gasteiger partial charge in [0, 0.05) is 19.1 Å². The molecule has 0 aliphatic heterocycles. The SMILES string of the molecule is CCC(=NNCCN(CC)CC)c1c(O)n(C2CCCCC2)c(=O)[nH]c1=O. The zero-order valence-electron chi connectivity index (χ0n) is 16.8. The van der Waals surface area contributed by atoms with E-state index in [2.05, 4.69) is 34.3 Å². The number of hydrazone groups is 1. The second-order valence-corrected chi connectivity index (χ2v) is 6.97. The van der Waals surface area contributed by atoms with Crippen molar-refractivity contribution in [1.82, 2.24) is 19.9 Å². The highest BCUT2D eigenvalue weighted by atomic mass is 16.3. The van der Waals surface area contributed by atoms with Gasteiger partial charge in [0.15, 0.2) is 0 Å². The van der Waals surface area contributed by atoms with Crippen LogP contribution < -0.4 is 16.7 Å². The number of aromatic amines is 1. The fourth-order valence-corrected chi connectivity index (χ4v) is 3.69. The molecule has 1 aromatic rings. The minimum absolute atomic E-state index is 0.0735. The third-order valence-corrected chi connectivity index (χ3v) is 5.33. The molecule has 8 heteroatoms. The number of H-pyrrole nitrogens is 1. The number of hydrogen-bond acceptors (Lipinski definition) is 6. The van der Waals surface area contributed by atoms with E-state index < -0.39 is 11.2 Å². The van der Waals surface area contributed by atoms with E-state index >= 15 is 0 Å². The molecule has 0 bridgehead atoms. The largest absolute Gasteiger partial charge is 0.494 e. The van der Waals surface area contributed by atoms with Crippen molar-refractivity contribution in [1.29, 1.82) is 0 Å². The van der Waals surface area contributed by atoms with Gasteiger partial charge in [-0.2, -0.15) is 5.10 Å². The zero-order chi connectivity index (χ0) is 19.8. The Morgan fingerprint density at radius 3 is 2.48 bits per heavy atom. The minimum Gasteiger partial charge on any atom is -0.494 e. The number of aromatic hydroxyl groups is 1. The average molecular weight is 380 g/mol. The highest BCUT2D eigenvalue weighted by Crippen LogP contribution is 2.30. The van der Waals surface area contributed by atoms with E-state index in [1.165, 1.54) is 4.57 Å². The van der Waals surface area contributed by atoms with Crippen molar-refractivity contribution in [2.45, 2.75) is 65.3 Å². The van der Waals surface area contributed by atoms with Crippen molar-refractivity contribution in [3.63, 3.8) is 0 Å². The number of rotatable bonds is 9. The highest BCUT2D eigenvalue weighted by Gasteiger charge is 2.24. The van der Waals surface area contributed by atoms with E-state index in [4.69, 9.17) is 0 Å². The fraction of sp³-hybridized carbons (Fsp3) is 0.737. The van der Waals surface area contributed by atoms with Gasteiger partial charge < -0.3 is 15.4 Å². The summed E-state index contributed by atoms with van der Waals surface area (Å²) in [5, 5.41) is 15.1. The molecule has 3 N–H and O–H groups in total. The Morgan fingerprint density at radius 1 is 1.22 bits per heavy atom. The third kappa shape index (κ3) is 5.22. The Labute approximate surface area is 160 Å². The molecule has 2 rings (SSSR count). The molecule has 8 nitrogen and oxygen atoms in total. The molecule has 152 valence electrons. The van der Waals surface area contributed by atoms with Crippen LogP contribution in [0.4, 0.5) is 0 Å². The summed E-state index contributed by atoms with van der Waals surface area (Å²) in [5.41, 5.74) is 2.42. The fourth-order valence-electron chi connectivity index (χ4n) is 3.69. The van der Waals surface area contributed by atoms with Crippen LogP contribution in [0, 0.1) is 0 Å². The molecule has 0 amide bonds. The minimum atomic E-state index is -0.587. The Bertz CT molecular complexity index is 743. The highest BCUT2D eigenvalue weighted by molar-refractivity contribution is 6.01. The van der Waals surface area contributed by atoms with Crippen LogP contribution in [0.5, 0.6) is 5.88 Å². The maximum Gasteiger partial charge on any atom is 0.331 e. The van der Waals surface area contributed by atoms with Crippen molar-refractivity contribution in [2.24, 2.45) is 5.10 Å². The first-order chi connectivity index (χ1) is 13.0. The van der Waals surface area contributed by atoms with Gasteiger partial charge in [-0.3, -0.25) is 14.3 Å². The molecule has 1 aliphatic carbocycles. The third-order valence-electron chi connectivity index (χ3n) is 5.33. The lowest BCUT2D eigenvalue weighted by Gasteiger charge is -2.25. The van der Waals surface area contributed by atoms with Gasteiger partial charge in [-0.15, -0.1) is 0 Å². The van der Waals surface area contributed by atoms with Gasteiger partial charge in [0.1, 0.15) is 5.56 Å². The quantitative estimate of drug-likeness (QED) is 0.345. The first-order valence-corrected chi connectivity index (χ1v) is 10.1. The van der Waals surface area contributed by atoms with Gasteiger partial charge >= 0.3 is 5.69 Å². The molecule has 0 aromatic carbocycles. The van der Waals surface area contributed by atoms with Crippen molar-refractivity contribution < 1.29 is 5.11 Å². The van der Waals surface area contributed by atoms with Crippen LogP contribution in [0.2, 0.25) is 0 Å². The number of aromatic nitrogens is 2. The summed E-state index contributed by atoms with van der Waals surface area (Å²) in [4.78, 5) is 29.3. The Kier molecular flexibility index (Phi) is 8.09. The van der Waals surface area contributed by atoms with Gasteiger partial charge in [0.25, 0.3) is 5.56 Å². The normalized spacial score (nSPS) is 16.1. The lowest BCUT2D eigenvalue weighted by Crippen LogP contribution is -2.37. The van der Waals surface area contributed by atoms with Gasteiger partial charge in [-0.1, -0.05) is 40.0 Å². The summed E-state index contributed by atoms with van der Waals surface area (Å²) in [6.45, 7) is 9.51. The molecule has 1 fully saturated rings. The van der Waals surface area contributed by atoms with E-state index in [9.17, 15) is 14.7 Å². The van der Waals surface area contributed by atoms with Crippen molar-refractivity contribution in [3.8, 4) is 5.88 Å². The summed E-state index contributed by atoms with van der Waals surface area (Å²) in [5.74, 6) is -0.262. The maximum absolute atomic E-state index is 12.4. The van der Waals surface area contributed by atoms with Crippen LogP contribution in [0.3, 0.4) is 0 Å². The summed E-state index contributed by atoms with van der Waals surface area (Å²) in [7, 11) is 0. The predicted octanol–water partition coefficient (Wildman–Crippen LogP) is 1.79. The van der Waals surface area contributed by atoms with E-state index in [1.807, 2.05) is 6.92 Å². The molecule has 0 saturated heterocycles. The number of likely N-dealkylation sites (N-methyl/N-ethyl adjacent to an activating group) is 1. The number of nitrogens with one attached hydrogen (secondary N) is 2. The molecular formula is C19H33N5O3. The van der Waals surface area contributed by atoms with E-state index in [1.54, 1.807) is 0 Å². The van der Waals surface area contributed by atoms with E-state index in [-0.39, 0.29) is 17.5 Å². The molecule has 1 heterocycles. The van der Waals surface area contributed by atoms with E-state index in [0.717, 1.165) is 51.7 Å². The lowest BCUT2D eigenvalue weighted by molar-refractivity contribution is 0.298. The van der Waals surface area contributed by atoms with Crippen LogP contribution in [0.25, 0.3) is 0 Å². The van der Waals surface area contributed by atoms with Crippen molar-refractivity contribution in [2.75, 3.05) is 26.2 Å². The van der Waals surface area contributed by atoms with E-state index in [0.29, 0.717) is 18.7 Å². The Balaban J connectivity index is 2.27. The topological polar surface area (TPSA) is 103 Å². The molecule has 0 atom stereocenters. The maximum atomic E-state index is 12.4. The monoisotopic (exact) mass is 379 g/mol.